The molecule has 0 aromatic heterocycles. The number of ether oxygens (including phenoxy) is 1. The standard InChI is InChI=1S/C23H22F3N3O2/c1-31-17-6-7-18-15(13-17)3-2-4-19(18)22(30)28-20-14-16(23(24,25)26)5-8-21(20)29-11-9-27-10-12-29/h2-8,13-14,27H,9-12H2,1H3,(H,28,30). The van der Waals surface area contributed by atoms with Crippen LogP contribution in [-0.2, 0) is 6.18 Å². The molecule has 0 saturated carbocycles. The molecule has 5 nitrogen and oxygen atoms in total. The minimum Gasteiger partial charge on any atom is -0.497 e. The minimum atomic E-state index is -4.50. The third kappa shape index (κ3) is 4.44. The maximum absolute atomic E-state index is 13.3. The summed E-state index contributed by atoms with van der Waals surface area (Å²) < 4.78 is 45.2. The molecule has 1 saturated heterocycles. The molecule has 0 atom stereocenters. The maximum Gasteiger partial charge on any atom is 0.416 e. The van der Waals surface area contributed by atoms with Gasteiger partial charge >= 0.3 is 6.18 Å². The fourth-order valence-electron chi connectivity index (χ4n) is 3.77. The van der Waals surface area contributed by atoms with Crippen molar-refractivity contribution >= 4 is 28.1 Å². The molecule has 1 aliphatic heterocycles. The van der Waals surface area contributed by atoms with Gasteiger partial charge in [0.1, 0.15) is 5.75 Å². The molecular weight excluding hydrogens is 407 g/mol. The van der Waals surface area contributed by atoms with Crippen molar-refractivity contribution in [1.29, 1.82) is 0 Å². The highest BCUT2D eigenvalue weighted by Crippen LogP contribution is 2.36. The van der Waals surface area contributed by atoms with Crippen LogP contribution in [0.3, 0.4) is 0 Å². The van der Waals surface area contributed by atoms with Crippen molar-refractivity contribution in [3.05, 3.63) is 65.7 Å². The summed E-state index contributed by atoms with van der Waals surface area (Å²) in [6, 6.07) is 14.1. The van der Waals surface area contributed by atoms with Crippen LogP contribution < -0.4 is 20.3 Å². The molecule has 31 heavy (non-hydrogen) atoms. The number of hydrogen-bond acceptors (Lipinski definition) is 4. The Balaban J connectivity index is 1.72. The number of nitrogens with zero attached hydrogens (tertiary/aromatic N) is 1. The van der Waals surface area contributed by atoms with Gasteiger partial charge in [0.05, 0.1) is 24.0 Å². The first-order valence-corrected chi connectivity index (χ1v) is 9.92. The monoisotopic (exact) mass is 429 g/mol. The topological polar surface area (TPSA) is 53.6 Å². The second-order valence-corrected chi connectivity index (χ2v) is 7.31. The first-order valence-electron chi connectivity index (χ1n) is 9.92. The first kappa shape index (κ1) is 21.0. The Morgan fingerprint density at radius 1 is 1.06 bits per heavy atom. The Kier molecular flexibility index (Phi) is 5.73. The van der Waals surface area contributed by atoms with Crippen molar-refractivity contribution in [2.24, 2.45) is 0 Å². The van der Waals surface area contributed by atoms with Crippen molar-refractivity contribution < 1.29 is 22.7 Å². The molecule has 0 aliphatic carbocycles. The molecule has 162 valence electrons. The third-order valence-corrected chi connectivity index (χ3v) is 5.36. The number of alkyl halides is 3. The van der Waals surface area contributed by atoms with Gasteiger partial charge < -0.3 is 20.3 Å². The molecule has 0 unspecified atom stereocenters. The predicted molar refractivity (Wildman–Crippen MR) is 115 cm³/mol. The molecule has 0 radical (unpaired) electrons. The molecule has 0 spiro atoms. The predicted octanol–water partition coefficient (Wildman–Crippen LogP) is 4.53. The van der Waals surface area contributed by atoms with Crippen LogP contribution in [-0.4, -0.2) is 39.2 Å². The molecule has 1 fully saturated rings. The highest BCUT2D eigenvalue weighted by atomic mass is 19.4. The zero-order chi connectivity index (χ0) is 22.0. The fourth-order valence-corrected chi connectivity index (χ4v) is 3.77. The molecule has 0 bridgehead atoms. The lowest BCUT2D eigenvalue weighted by molar-refractivity contribution is -0.137. The Morgan fingerprint density at radius 3 is 2.55 bits per heavy atom. The summed E-state index contributed by atoms with van der Waals surface area (Å²) in [4.78, 5) is 15.1. The Labute approximate surface area is 177 Å². The van der Waals surface area contributed by atoms with E-state index >= 15 is 0 Å². The number of carbonyl (C=O) groups is 1. The van der Waals surface area contributed by atoms with Crippen LogP contribution in [0.2, 0.25) is 0 Å². The molecule has 3 aromatic carbocycles. The smallest absolute Gasteiger partial charge is 0.416 e. The van der Waals surface area contributed by atoms with E-state index in [9.17, 15) is 18.0 Å². The van der Waals surface area contributed by atoms with Crippen molar-refractivity contribution in [3.63, 3.8) is 0 Å². The van der Waals surface area contributed by atoms with Gasteiger partial charge in [-0.2, -0.15) is 13.2 Å². The number of benzene rings is 3. The van der Waals surface area contributed by atoms with Gasteiger partial charge in [-0.25, -0.2) is 0 Å². The van der Waals surface area contributed by atoms with E-state index in [0.29, 0.717) is 35.5 Å². The summed E-state index contributed by atoms with van der Waals surface area (Å²) in [7, 11) is 1.56. The van der Waals surface area contributed by atoms with Gasteiger partial charge in [-0.15, -0.1) is 0 Å². The molecule has 4 rings (SSSR count). The molecule has 2 N–H and O–H groups in total. The Hall–Kier alpha value is -3.26. The number of rotatable bonds is 4. The van der Waals surface area contributed by atoms with Crippen molar-refractivity contribution in [2.75, 3.05) is 43.5 Å². The number of hydrogen-bond donors (Lipinski definition) is 2. The van der Waals surface area contributed by atoms with Crippen LogP contribution in [0.25, 0.3) is 10.8 Å². The molecule has 1 aliphatic rings. The molecule has 3 aromatic rings. The van der Waals surface area contributed by atoms with E-state index in [2.05, 4.69) is 10.6 Å². The van der Waals surface area contributed by atoms with E-state index in [1.54, 1.807) is 31.4 Å². The number of nitrogens with one attached hydrogen (secondary N) is 2. The third-order valence-electron chi connectivity index (χ3n) is 5.36. The van der Waals surface area contributed by atoms with E-state index in [0.717, 1.165) is 30.6 Å². The second kappa shape index (κ2) is 8.47. The summed E-state index contributed by atoms with van der Waals surface area (Å²) in [6.45, 7) is 2.73. The van der Waals surface area contributed by atoms with Crippen molar-refractivity contribution in [3.8, 4) is 5.75 Å². The van der Waals surface area contributed by atoms with Gasteiger partial charge in [0.2, 0.25) is 0 Å². The number of carbonyl (C=O) groups excluding carboxylic acids is 1. The summed E-state index contributed by atoms with van der Waals surface area (Å²) in [5, 5.41) is 7.44. The van der Waals surface area contributed by atoms with Crippen LogP contribution in [0.5, 0.6) is 5.75 Å². The zero-order valence-electron chi connectivity index (χ0n) is 16.9. The van der Waals surface area contributed by atoms with Crippen LogP contribution >= 0.6 is 0 Å². The lowest BCUT2D eigenvalue weighted by Crippen LogP contribution is -2.43. The first-order chi connectivity index (χ1) is 14.9. The lowest BCUT2D eigenvalue weighted by Gasteiger charge is -2.31. The van der Waals surface area contributed by atoms with Crippen molar-refractivity contribution in [2.45, 2.75) is 6.18 Å². The number of halogens is 3. The van der Waals surface area contributed by atoms with E-state index < -0.39 is 17.6 Å². The van der Waals surface area contributed by atoms with Gasteiger partial charge in [-0.3, -0.25) is 4.79 Å². The number of methoxy groups -OCH3 is 1. The average Bonchev–Trinajstić information content (AvgIpc) is 2.78. The number of amides is 1. The van der Waals surface area contributed by atoms with Gasteiger partial charge in [0.25, 0.3) is 5.91 Å². The second-order valence-electron chi connectivity index (χ2n) is 7.31. The zero-order valence-corrected chi connectivity index (χ0v) is 16.9. The highest BCUT2D eigenvalue weighted by Gasteiger charge is 2.32. The summed E-state index contributed by atoms with van der Waals surface area (Å²) in [5.41, 5.74) is 0.296. The van der Waals surface area contributed by atoms with Gasteiger partial charge in [-0.1, -0.05) is 12.1 Å². The van der Waals surface area contributed by atoms with Gasteiger partial charge in [0.15, 0.2) is 0 Å². The van der Waals surface area contributed by atoms with Crippen LogP contribution in [0, 0.1) is 0 Å². The quantitative estimate of drug-likeness (QED) is 0.640. The highest BCUT2D eigenvalue weighted by molar-refractivity contribution is 6.14. The van der Waals surface area contributed by atoms with Gasteiger partial charge in [0, 0.05) is 31.7 Å². The van der Waals surface area contributed by atoms with Crippen molar-refractivity contribution in [1.82, 2.24) is 5.32 Å². The SMILES string of the molecule is COc1ccc2c(C(=O)Nc3cc(C(F)(F)F)ccc3N3CCNCC3)cccc2c1. The largest absolute Gasteiger partial charge is 0.497 e. The van der Waals surface area contributed by atoms with E-state index in [1.807, 2.05) is 17.0 Å². The van der Waals surface area contributed by atoms with E-state index in [4.69, 9.17) is 4.74 Å². The fraction of sp³-hybridized carbons (Fsp3) is 0.261. The van der Waals surface area contributed by atoms with Crippen LogP contribution in [0.15, 0.2) is 54.6 Å². The van der Waals surface area contributed by atoms with E-state index in [1.165, 1.54) is 6.07 Å². The Bertz CT molecular complexity index is 1110. The van der Waals surface area contributed by atoms with Gasteiger partial charge in [-0.05, 0) is 53.2 Å². The number of anilines is 2. The number of piperazine rings is 1. The number of fused-ring (bicyclic) bond motifs is 1. The minimum absolute atomic E-state index is 0.146. The lowest BCUT2D eigenvalue weighted by atomic mass is 10.0. The summed E-state index contributed by atoms with van der Waals surface area (Å²) in [5.74, 6) is 0.190. The molecular formula is C23H22F3N3O2. The molecule has 1 amide bonds. The Morgan fingerprint density at radius 2 is 1.84 bits per heavy atom. The normalized spacial score (nSPS) is 14.5. The van der Waals surface area contributed by atoms with Crippen LogP contribution in [0.4, 0.5) is 24.5 Å². The summed E-state index contributed by atoms with van der Waals surface area (Å²) in [6.07, 6.45) is -4.50. The molecule has 1 heterocycles. The van der Waals surface area contributed by atoms with E-state index in [-0.39, 0.29) is 5.69 Å². The average molecular weight is 429 g/mol. The van der Waals surface area contributed by atoms with Crippen LogP contribution in [0.1, 0.15) is 15.9 Å². The summed E-state index contributed by atoms with van der Waals surface area (Å²) >= 11 is 0. The maximum atomic E-state index is 13.3. The molecule has 8 heteroatoms.